The van der Waals surface area contributed by atoms with Crippen LogP contribution in [0.25, 0.3) is 16.9 Å². The molecule has 0 saturated heterocycles. The lowest BCUT2D eigenvalue weighted by atomic mass is 10.1. The number of carbonyl (C=O) groups is 2. The Balaban J connectivity index is 1.38. The van der Waals surface area contributed by atoms with E-state index in [0.29, 0.717) is 24.3 Å². The van der Waals surface area contributed by atoms with Crippen molar-refractivity contribution in [3.63, 3.8) is 0 Å². The van der Waals surface area contributed by atoms with Crippen LogP contribution in [0.3, 0.4) is 0 Å². The number of nitrogens with one attached hydrogen (secondary N) is 2. The summed E-state index contributed by atoms with van der Waals surface area (Å²) in [5.41, 5.74) is 7.50. The maximum absolute atomic E-state index is 12.9. The Morgan fingerprint density at radius 1 is 0.818 bits per heavy atom. The number of ether oxygens (including phenoxy) is 1. The highest BCUT2D eigenvalue weighted by Crippen LogP contribution is 2.23. The standard InChI is InChI=1S/C26H24N4O3/c31-24(17-10-18-33-22-15-8-3-9-16-22)27-28-26(32)23-19-30(21-13-6-2-7-14-21)29-25(23)20-11-4-1-5-12-20/h1-9,11-16,19H,10,17-18H2,(H,27,31)(H,28,32). The summed E-state index contributed by atoms with van der Waals surface area (Å²) in [4.78, 5) is 25.1. The number of rotatable bonds is 8. The number of nitrogens with zero attached hydrogens (tertiary/aromatic N) is 2. The van der Waals surface area contributed by atoms with E-state index in [-0.39, 0.29) is 12.3 Å². The summed E-state index contributed by atoms with van der Waals surface area (Å²) in [6, 6.07) is 28.4. The van der Waals surface area contributed by atoms with Gasteiger partial charge in [0.2, 0.25) is 5.91 Å². The molecule has 0 aliphatic rings. The van der Waals surface area contributed by atoms with Crippen molar-refractivity contribution in [2.24, 2.45) is 0 Å². The van der Waals surface area contributed by atoms with Gasteiger partial charge in [-0.05, 0) is 30.7 Å². The first-order valence-electron chi connectivity index (χ1n) is 10.7. The summed E-state index contributed by atoms with van der Waals surface area (Å²) in [7, 11) is 0. The molecule has 1 heterocycles. The number of benzene rings is 3. The van der Waals surface area contributed by atoms with Gasteiger partial charge in [0.25, 0.3) is 5.91 Å². The molecule has 0 bridgehead atoms. The molecular formula is C26H24N4O3. The maximum Gasteiger partial charge on any atom is 0.273 e. The molecule has 1 aromatic heterocycles. The van der Waals surface area contributed by atoms with Crippen molar-refractivity contribution in [3.8, 4) is 22.7 Å². The topological polar surface area (TPSA) is 85.3 Å². The van der Waals surface area contributed by atoms with Gasteiger partial charge in [0.15, 0.2) is 0 Å². The first-order valence-corrected chi connectivity index (χ1v) is 10.7. The molecule has 166 valence electrons. The second-order valence-electron chi connectivity index (χ2n) is 7.30. The minimum absolute atomic E-state index is 0.224. The number of para-hydroxylation sites is 2. The first-order chi connectivity index (χ1) is 16.2. The maximum atomic E-state index is 12.9. The molecule has 7 heteroatoms. The molecule has 0 atom stereocenters. The molecule has 0 aliphatic carbocycles. The Morgan fingerprint density at radius 3 is 2.15 bits per heavy atom. The second-order valence-corrected chi connectivity index (χ2v) is 7.30. The summed E-state index contributed by atoms with van der Waals surface area (Å²) in [5, 5.41) is 4.61. The number of hydrogen-bond donors (Lipinski definition) is 2. The monoisotopic (exact) mass is 440 g/mol. The predicted molar refractivity (Wildman–Crippen MR) is 126 cm³/mol. The van der Waals surface area contributed by atoms with E-state index in [2.05, 4.69) is 16.0 Å². The van der Waals surface area contributed by atoms with Crippen LogP contribution in [-0.4, -0.2) is 28.2 Å². The molecule has 2 amide bonds. The summed E-state index contributed by atoms with van der Waals surface area (Å²) >= 11 is 0. The fraction of sp³-hybridized carbons (Fsp3) is 0.115. The zero-order valence-corrected chi connectivity index (χ0v) is 18.0. The molecule has 0 fully saturated rings. The van der Waals surface area contributed by atoms with Crippen molar-refractivity contribution in [3.05, 3.63) is 103 Å². The minimum atomic E-state index is -0.440. The average Bonchev–Trinajstić information content (AvgIpc) is 3.33. The van der Waals surface area contributed by atoms with E-state index >= 15 is 0 Å². The molecular weight excluding hydrogens is 416 g/mol. The number of carbonyl (C=O) groups excluding carboxylic acids is 2. The Hall–Kier alpha value is -4.39. The Morgan fingerprint density at radius 2 is 1.45 bits per heavy atom. The van der Waals surface area contributed by atoms with Gasteiger partial charge >= 0.3 is 0 Å². The Bertz CT molecular complexity index is 1190. The highest BCUT2D eigenvalue weighted by atomic mass is 16.5. The Kier molecular flexibility index (Phi) is 7.12. The van der Waals surface area contributed by atoms with Gasteiger partial charge in [-0.3, -0.25) is 20.4 Å². The third-order valence-electron chi connectivity index (χ3n) is 4.90. The largest absolute Gasteiger partial charge is 0.494 e. The molecule has 0 saturated carbocycles. The van der Waals surface area contributed by atoms with Crippen LogP contribution in [-0.2, 0) is 4.79 Å². The summed E-state index contributed by atoms with van der Waals surface area (Å²) < 4.78 is 7.24. The molecule has 0 radical (unpaired) electrons. The lowest BCUT2D eigenvalue weighted by Crippen LogP contribution is -2.41. The molecule has 7 nitrogen and oxygen atoms in total. The molecule has 2 N–H and O–H groups in total. The van der Waals surface area contributed by atoms with Crippen molar-refractivity contribution >= 4 is 11.8 Å². The Labute approximate surface area is 192 Å². The summed E-state index contributed by atoms with van der Waals surface area (Å²) in [5.74, 6) is 0.0247. The zero-order valence-electron chi connectivity index (χ0n) is 18.0. The van der Waals surface area contributed by atoms with Gasteiger partial charge in [0, 0.05) is 18.2 Å². The first kappa shape index (κ1) is 21.8. The van der Waals surface area contributed by atoms with Gasteiger partial charge in [0.05, 0.1) is 17.9 Å². The summed E-state index contributed by atoms with van der Waals surface area (Å²) in [6.45, 7) is 0.410. The third-order valence-corrected chi connectivity index (χ3v) is 4.90. The quantitative estimate of drug-likeness (QED) is 0.318. The zero-order chi connectivity index (χ0) is 22.9. The number of hydrazine groups is 1. The summed E-state index contributed by atoms with van der Waals surface area (Å²) in [6.07, 6.45) is 2.41. The SMILES string of the molecule is O=C(CCCOc1ccccc1)NNC(=O)c1cn(-c2ccccc2)nc1-c1ccccc1. The van der Waals surface area contributed by atoms with Gasteiger partial charge in [-0.25, -0.2) is 4.68 Å². The van der Waals surface area contributed by atoms with E-state index in [0.717, 1.165) is 17.0 Å². The van der Waals surface area contributed by atoms with Crippen LogP contribution in [0.5, 0.6) is 5.75 Å². The fourth-order valence-electron chi connectivity index (χ4n) is 3.26. The van der Waals surface area contributed by atoms with E-state index in [1.54, 1.807) is 10.9 Å². The molecule has 33 heavy (non-hydrogen) atoms. The smallest absolute Gasteiger partial charge is 0.273 e. The van der Waals surface area contributed by atoms with Gasteiger partial charge in [-0.2, -0.15) is 5.10 Å². The lowest BCUT2D eigenvalue weighted by molar-refractivity contribution is -0.122. The number of amides is 2. The van der Waals surface area contributed by atoms with Crippen molar-refractivity contribution in [1.29, 1.82) is 0 Å². The fourth-order valence-corrected chi connectivity index (χ4v) is 3.26. The van der Waals surface area contributed by atoms with Gasteiger partial charge < -0.3 is 4.74 Å². The molecule has 0 aliphatic heterocycles. The average molecular weight is 441 g/mol. The highest BCUT2D eigenvalue weighted by Gasteiger charge is 2.19. The lowest BCUT2D eigenvalue weighted by Gasteiger charge is -2.08. The van der Waals surface area contributed by atoms with Gasteiger partial charge in [-0.15, -0.1) is 0 Å². The third kappa shape index (κ3) is 5.86. The van der Waals surface area contributed by atoms with Crippen LogP contribution in [0.15, 0.2) is 97.2 Å². The normalized spacial score (nSPS) is 10.4. The van der Waals surface area contributed by atoms with Crippen LogP contribution in [0, 0.1) is 0 Å². The molecule has 0 spiro atoms. The minimum Gasteiger partial charge on any atom is -0.494 e. The molecule has 3 aromatic carbocycles. The molecule has 0 unspecified atom stereocenters. The van der Waals surface area contributed by atoms with Crippen molar-refractivity contribution < 1.29 is 14.3 Å². The van der Waals surface area contributed by atoms with Crippen LogP contribution in [0.1, 0.15) is 23.2 Å². The second kappa shape index (κ2) is 10.8. The van der Waals surface area contributed by atoms with Crippen molar-refractivity contribution in [1.82, 2.24) is 20.6 Å². The van der Waals surface area contributed by atoms with Crippen molar-refractivity contribution in [2.45, 2.75) is 12.8 Å². The van der Waals surface area contributed by atoms with Crippen LogP contribution in [0.4, 0.5) is 0 Å². The van der Waals surface area contributed by atoms with E-state index in [9.17, 15) is 9.59 Å². The van der Waals surface area contributed by atoms with E-state index in [1.165, 1.54) is 0 Å². The van der Waals surface area contributed by atoms with E-state index in [4.69, 9.17) is 4.74 Å². The van der Waals surface area contributed by atoms with Crippen LogP contribution in [0.2, 0.25) is 0 Å². The number of aromatic nitrogens is 2. The van der Waals surface area contributed by atoms with E-state index in [1.807, 2.05) is 91.0 Å². The van der Waals surface area contributed by atoms with Gasteiger partial charge in [0.1, 0.15) is 11.4 Å². The number of hydrogen-bond acceptors (Lipinski definition) is 4. The van der Waals surface area contributed by atoms with Crippen LogP contribution < -0.4 is 15.6 Å². The van der Waals surface area contributed by atoms with Crippen molar-refractivity contribution in [2.75, 3.05) is 6.61 Å². The predicted octanol–water partition coefficient (Wildman–Crippen LogP) is 4.16. The van der Waals surface area contributed by atoms with Crippen LogP contribution >= 0.6 is 0 Å². The van der Waals surface area contributed by atoms with Gasteiger partial charge in [-0.1, -0.05) is 66.7 Å². The molecule has 4 aromatic rings. The highest BCUT2D eigenvalue weighted by molar-refractivity contribution is 6.00. The molecule has 4 rings (SSSR count). The van der Waals surface area contributed by atoms with E-state index < -0.39 is 5.91 Å².